The minimum atomic E-state index is -0.331. The Bertz CT molecular complexity index is 6970. The Hall–Kier alpha value is -12.5. The predicted octanol–water partition coefficient (Wildman–Crippen LogP) is 36.6. The van der Waals surface area contributed by atoms with E-state index in [2.05, 4.69) is 412 Å². The average Bonchev–Trinajstić information content (AvgIpc) is 1.54. The molecule has 7 aliphatic carbocycles. The molecule has 7 aliphatic rings. The van der Waals surface area contributed by atoms with Crippen LogP contribution in [0, 0.1) is 0 Å². The van der Waals surface area contributed by atoms with E-state index in [1.54, 1.807) is 0 Å². The van der Waals surface area contributed by atoms with Crippen molar-refractivity contribution in [2.75, 3.05) is 0 Å². The van der Waals surface area contributed by atoms with Gasteiger partial charge in [0.1, 0.15) is 0 Å². The van der Waals surface area contributed by atoms with Crippen LogP contribution in [0.1, 0.15) is 265 Å². The molecule has 0 saturated carbocycles. The van der Waals surface area contributed by atoms with E-state index in [1.165, 1.54) is 245 Å². The molecule has 0 saturated heterocycles. The second-order valence-electron chi connectivity index (χ2n) is 39.8. The number of fused-ring (bicyclic) bond motifs is 21. The van der Waals surface area contributed by atoms with E-state index >= 15 is 0 Å². The normalized spacial score (nSPS) is 16.0. The Morgan fingerprint density at radius 3 is 0.336 bits per heavy atom. The minimum absolute atomic E-state index is 0.109. The van der Waals surface area contributed by atoms with Gasteiger partial charge >= 0.3 is 0 Å². The molecule has 0 bridgehead atoms. The molecule has 0 radical (unpaired) electrons. The lowest BCUT2D eigenvalue weighted by Crippen LogP contribution is -2.23. The van der Waals surface area contributed by atoms with E-state index in [1.807, 2.05) is 0 Å². The van der Waals surface area contributed by atoms with Crippen LogP contribution in [0.3, 0.4) is 0 Å². The monoisotopic (exact) mass is 1690 g/mol. The van der Waals surface area contributed by atoms with Crippen molar-refractivity contribution >= 4 is 0 Å². The molecule has 16 aromatic carbocycles. The van der Waals surface area contributed by atoms with Gasteiger partial charge < -0.3 is 0 Å². The first kappa shape index (κ1) is 82.9. The number of rotatable bonds is 22. The molecule has 0 atom stereocenters. The highest BCUT2D eigenvalue weighted by Gasteiger charge is 2.49. The largest absolute Gasteiger partial charge is 0.0642 e. The number of hydrogen-bond donors (Lipinski definition) is 0. The predicted molar refractivity (Wildman–Crippen MR) is 558 cm³/mol. The summed E-state index contributed by atoms with van der Waals surface area (Å²) in [5.41, 5.74) is 58.9. The molecule has 0 amide bonds. The Balaban J connectivity index is 0.759. The molecule has 0 N–H and O–H groups in total. The van der Waals surface area contributed by atoms with Crippen molar-refractivity contribution in [1.29, 1.82) is 0 Å². The first-order chi connectivity index (χ1) is 64.1. The molecule has 0 heteroatoms. The summed E-state index contributed by atoms with van der Waals surface area (Å²) in [7, 11) is 0. The topological polar surface area (TPSA) is 0 Å². The Kier molecular flexibility index (Phi) is 19.5. The van der Waals surface area contributed by atoms with E-state index in [-0.39, 0.29) is 37.9 Å². The maximum Gasteiger partial charge on any atom is 0.0210 e. The highest BCUT2D eigenvalue weighted by molar-refractivity contribution is 6.03. The van der Waals surface area contributed by atoms with Gasteiger partial charge in [-0.3, -0.25) is 0 Å². The van der Waals surface area contributed by atoms with Crippen LogP contribution in [-0.4, -0.2) is 0 Å². The molecule has 131 heavy (non-hydrogen) atoms. The summed E-state index contributed by atoms with van der Waals surface area (Å²) >= 11 is 0. The third kappa shape index (κ3) is 11.1. The Morgan fingerprint density at radius 1 is 0.107 bits per heavy atom. The molecule has 646 valence electrons. The summed E-state index contributed by atoms with van der Waals surface area (Å²) in [5.74, 6) is 0. The zero-order valence-corrected chi connectivity index (χ0v) is 79.4. The SMILES string of the molecule is CCC1(CC)c2ccccc2-c2ccc(-c3cc(-c4ccc5c(c4)C(CC)(CC)c4ccccc4-5)c(-c4ccc5c(c4)C(CC)(CC)c4cc(-c6cc(-c7ccc8c(c7)C(CC)(CC)c7ccccc7-8)c(-c7ccc8c(c7)C(CC)(CC)c7ccccc7-8)cc6-c6ccc7c(c6)C(CC)(CC)c6ccccc6-7)ccc4-5)cc3-c3ccc4c(c3)C(CC)(CC)c3ccccc3-4)cc21. The second kappa shape index (κ2) is 30.8. The Morgan fingerprint density at radius 2 is 0.214 bits per heavy atom. The highest BCUT2D eigenvalue weighted by atomic mass is 14.5. The Labute approximate surface area is 779 Å². The van der Waals surface area contributed by atoms with Crippen LogP contribution in [0.5, 0.6) is 0 Å². The average molecular weight is 1700 g/mol. The van der Waals surface area contributed by atoms with Crippen molar-refractivity contribution in [2.45, 2.75) is 225 Å². The van der Waals surface area contributed by atoms with Crippen molar-refractivity contribution in [3.8, 4) is 167 Å². The molecule has 0 fully saturated rings. The van der Waals surface area contributed by atoms with Crippen molar-refractivity contribution in [3.05, 3.63) is 393 Å². The fraction of sp³-hybridized carbons (Fsp3) is 0.267. The molecule has 0 spiro atoms. The van der Waals surface area contributed by atoms with Gasteiger partial charge in [0.05, 0.1) is 0 Å². The van der Waals surface area contributed by atoms with E-state index in [9.17, 15) is 0 Å². The smallest absolute Gasteiger partial charge is 0.0210 e. The third-order valence-corrected chi connectivity index (χ3v) is 36.2. The minimum Gasteiger partial charge on any atom is -0.0642 e. The zero-order chi connectivity index (χ0) is 89.6. The maximum absolute atomic E-state index is 2.70. The van der Waals surface area contributed by atoms with E-state index in [4.69, 9.17) is 0 Å². The van der Waals surface area contributed by atoms with Crippen molar-refractivity contribution in [3.63, 3.8) is 0 Å². The summed E-state index contributed by atoms with van der Waals surface area (Å²) in [4.78, 5) is 0. The highest BCUT2D eigenvalue weighted by Crippen LogP contribution is 2.64. The summed E-state index contributed by atoms with van der Waals surface area (Å²) < 4.78 is 0. The van der Waals surface area contributed by atoms with E-state index in [0.717, 1.165) is 89.9 Å². The van der Waals surface area contributed by atoms with Gasteiger partial charge in [-0.05, 0) is 407 Å². The first-order valence-corrected chi connectivity index (χ1v) is 50.3. The summed E-state index contributed by atoms with van der Waals surface area (Å²) in [6.45, 7) is 34.1. The molecule has 16 aromatic rings. The number of hydrogen-bond acceptors (Lipinski definition) is 0. The zero-order valence-electron chi connectivity index (χ0n) is 79.4. The van der Waals surface area contributed by atoms with Gasteiger partial charge in [0, 0.05) is 37.9 Å². The molecular weight excluding hydrogens is 1570 g/mol. The van der Waals surface area contributed by atoms with Gasteiger partial charge in [0.2, 0.25) is 0 Å². The molecule has 0 heterocycles. The van der Waals surface area contributed by atoms with Crippen LogP contribution in [0.15, 0.2) is 315 Å². The quantitative estimate of drug-likeness (QED) is 0.0634. The first-order valence-electron chi connectivity index (χ1n) is 50.3. The lowest BCUT2D eigenvalue weighted by Gasteiger charge is -2.31. The standard InChI is InChI=1S/C131H122/c1-15-125(16-2)111-47-35-29-41-89(111)95-61-53-81(69-117(95)125)103-77-107(85-57-65-99-93-45-33-39-51-115(93)129(23-9,24-10)121(99)73-85)109(79-105(103)83-55-63-97-91-43-31-37-49-113(91)127(19-5,20-6)119(97)71-83)87-59-67-101-102-68-60-88(76-124(102)131(27-13,28-14)123(101)75-87)110-80-106(84-56-64-98-92-44-32-38-50-114(92)128(21-7,22-8)120(98)72-84)104(82-54-62-96-90-42-30-36-48-112(90)126(17-3,18-4)118(96)70-82)78-108(110)86-58-66-100-94-46-34-40-52-116(94)130(25-11,26-12)122(100)74-86/h29-80H,15-28H2,1-14H3. The van der Waals surface area contributed by atoms with E-state index in [0.29, 0.717) is 0 Å². The summed E-state index contributed by atoms with van der Waals surface area (Å²) in [6, 6.07) is 128. The van der Waals surface area contributed by atoms with Gasteiger partial charge in [-0.15, -0.1) is 0 Å². The molecule has 0 unspecified atom stereocenters. The molecule has 0 aliphatic heterocycles. The van der Waals surface area contributed by atoms with Crippen LogP contribution in [0.4, 0.5) is 0 Å². The maximum atomic E-state index is 2.70. The van der Waals surface area contributed by atoms with Crippen LogP contribution in [0.25, 0.3) is 167 Å². The van der Waals surface area contributed by atoms with Gasteiger partial charge in [-0.1, -0.05) is 340 Å². The van der Waals surface area contributed by atoms with Crippen molar-refractivity contribution in [1.82, 2.24) is 0 Å². The fourth-order valence-corrected chi connectivity index (χ4v) is 28.8. The van der Waals surface area contributed by atoms with Gasteiger partial charge in [0.25, 0.3) is 0 Å². The van der Waals surface area contributed by atoms with Crippen LogP contribution < -0.4 is 0 Å². The van der Waals surface area contributed by atoms with Crippen LogP contribution in [-0.2, 0) is 37.9 Å². The molecule has 0 aromatic heterocycles. The van der Waals surface area contributed by atoms with Gasteiger partial charge in [-0.2, -0.15) is 0 Å². The van der Waals surface area contributed by atoms with Crippen LogP contribution >= 0.6 is 0 Å². The lowest BCUT2D eigenvalue weighted by atomic mass is 9.72. The molecule has 23 rings (SSSR count). The molecular formula is C131H122. The lowest BCUT2D eigenvalue weighted by molar-refractivity contribution is 0.490. The summed E-state index contributed by atoms with van der Waals surface area (Å²) in [6.07, 6.45) is 14.2. The second-order valence-corrected chi connectivity index (χ2v) is 39.8. The van der Waals surface area contributed by atoms with Gasteiger partial charge in [-0.25, -0.2) is 0 Å². The van der Waals surface area contributed by atoms with Crippen LogP contribution in [0.2, 0.25) is 0 Å². The van der Waals surface area contributed by atoms with E-state index < -0.39 is 0 Å². The van der Waals surface area contributed by atoms with Crippen molar-refractivity contribution in [2.24, 2.45) is 0 Å². The van der Waals surface area contributed by atoms with Gasteiger partial charge in [0.15, 0.2) is 0 Å². The van der Waals surface area contributed by atoms with Crippen molar-refractivity contribution < 1.29 is 0 Å². The molecule has 0 nitrogen and oxygen atoms in total. The summed E-state index contributed by atoms with van der Waals surface area (Å²) in [5, 5.41) is 0. The number of benzene rings is 16. The fourth-order valence-electron chi connectivity index (χ4n) is 28.8. The third-order valence-electron chi connectivity index (χ3n) is 36.2.